The molecular weight excluding hydrogens is 456 g/mol. The van der Waals surface area contributed by atoms with E-state index in [1.807, 2.05) is 4.57 Å². The molecule has 0 aliphatic carbocycles. The van der Waals surface area contributed by atoms with Crippen LogP contribution >= 0.6 is 0 Å². The number of aromatic nitrogens is 2. The fraction of sp³-hybridized carbons (Fsp3) is 0.269. The van der Waals surface area contributed by atoms with Crippen molar-refractivity contribution in [1.82, 2.24) is 14.9 Å². The molecule has 3 aromatic carbocycles. The van der Waals surface area contributed by atoms with Gasteiger partial charge in [-0.2, -0.15) is 0 Å². The van der Waals surface area contributed by atoms with Crippen molar-refractivity contribution in [1.29, 1.82) is 0 Å². The van der Waals surface area contributed by atoms with Gasteiger partial charge in [0.05, 0.1) is 40.9 Å². The van der Waals surface area contributed by atoms with Gasteiger partial charge in [0.2, 0.25) is 0 Å². The largest absolute Gasteiger partial charge is 0.394 e. The van der Waals surface area contributed by atoms with Gasteiger partial charge in [-0.15, -0.1) is 0 Å². The SMILES string of the molecule is O=C1NCc2c1c1c3cc(F)ccc3n(C3C[C@@H](O)CC(CO)O3)c1c1[nH]c3ccc(F)cc3c21. The zero-order chi connectivity index (χ0) is 24.0. The molecule has 1 fully saturated rings. The predicted molar refractivity (Wildman–Crippen MR) is 126 cm³/mol. The molecule has 3 atom stereocenters. The van der Waals surface area contributed by atoms with E-state index < -0.39 is 30.1 Å². The Morgan fingerprint density at radius 3 is 2.63 bits per heavy atom. The summed E-state index contributed by atoms with van der Waals surface area (Å²) in [5.74, 6) is -1.11. The molecule has 1 amide bonds. The first-order valence-electron chi connectivity index (χ1n) is 11.6. The molecule has 2 unspecified atom stereocenters. The maximum Gasteiger partial charge on any atom is 0.252 e. The van der Waals surface area contributed by atoms with Crippen molar-refractivity contribution < 1.29 is 28.5 Å². The number of nitrogens with zero attached hydrogens (tertiary/aromatic N) is 1. The standard InChI is InChI=1S/C26H21F2N3O4/c27-11-1-3-18-15(5-11)21-17-9-29-26(34)23(17)22-16-6-12(28)2-4-19(16)31(25(22)24(21)30-18)20-8-13(33)7-14(10-32)35-20/h1-6,13-14,20,30,32-33H,7-10H2,(H,29,34)/t13-,14?,20?/m0/s1. The number of aliphatic hydroxyl groups is 2. The molecule has 5 aromatic rings. The third kappa shape index (κ3) is 2.83. The van der Waals surface area contributed by atoms with E-state index in [0.717, 1.165) is 10.9 Å². The van der Waals surface area contributed by atoms with Crippen LogP contribution in [0.25, 0.3) is 43.6 Å². The summed E-state index contributed by atoms with van der Waals surface area (Å²) in [5, 5.41) is 25.7. The van der Waals surface area contributed by atoms with Crippen LogP contribution in [0.1, 0.15) is 35.0 Å². The first-order chi connectivity index (χ1) is 16.9. The molecule has 0 radical (unpaired) electrons. The van der Waals surface area contributed by atoms with Gasteiger partial charge in [0.25, 0.3) is 5.91 Å². The summed E-state index contributed by atoms with van der Waals surface area (Å²) >= 11 is 0. The van der Waals surface area contributed by atoms with Crippen molar-refractivity contribution >= 4 is 49.5 Å². The van der Waals surface area contributed by atoms with Crippen molar-refractivity contribution in [3.63, 3.8) is 0 Å². The van der Waals surface area contributed by atoms with Gasteiger partial charge in [-0.1, -0.05) is 0 Å². The van der Waals surface area contributed by atoms with E-state index in [9.17, 15) is 23.8 Å². The monoisotopic (exact) mass is 477 g/mol. The Hall–Kier alpha value is -3.53. The summed E-state index contributed by atoms with van der Waals surface area (Å²) < 4.78 is 36.8. The number of ether oxygens (including phenoxy) is 1. The molecule has 2 aliphatic heterocycles. The molecule has 0 bridgehead atoms. The lowest BCUT2D eigenvalue weighted by Gasteiger charge is -2.34. The number of aromatic amines is 1. The minimum atomic E-state index is -0.705. The first kappa shape index (κ1) is 20.8. The minimum absolute atomic E-state index is 0.252. The number of halogens is 2. The highest BCUT2D eigenvalue weighted by Crippen LogP contribution is 2.46. The normalized spacial score (nSPS) is 22.5. The van der Waals surface area contributed by atoms with Crippen LogP contribution in [0.5, 0.6) is 0 Å². The van der Waals surface area contributed by atoms with Crippen LogP contribution in [0.2, 0.25) is 0 Å². The number of carbonyl (C=O) groups is 1. The third-order valence-electron chi connectivity index (χ3n) is 7.32. The second-order valence-electron chi connectivity index (χ2n) is 9.38. The number of amides is 1. The van der Waals surface area contributed by atoms with E-state index in [1.165, 1.54) is 24.3 Å². The fourth-order valence-corrected chi connectivity index (χ4v) is 5.95. The van der Waals surface area contributed by atoms with E-state index in [0.29, 0.717) is 50.2 Å². The lowest BCUT2D eigenvalue weighted by atomic mass is 9.97. The molecule has 1 saturated heterocycles. The van der Waals surface area contributed by atoms with Crippen LogP contribution in [-0.2, 0) is 11.3 Å². The third-order valence-corrected chi connectivity index (χ3v) is 7.32. The number of aliphatic hydroxyl groups excluding tert-OH is 2. The molecule has 7 nitrogen and oxygen atoms in total. The van der Waals surface area contributed by atoms with Gasteiger partial charge in [-0.05, 0) is 42.0 Å². The Labute approximate surface area is 196 Å². The number of benzene rings is 3. The Kier molecular flexibility index (Phi) is 4.30. The molecule has 0 spiro atoms. The number of nitrogens with one attached hydrogen (secondary N) is 2. The Morgan fingerprint density at radius 2 is 1.83 bits per heavy atom. The quantitative estimate of drug-likeness (QED) is 0.309. The number of carbonyl (C=O) groups excluding carboxylic acids is 1. The number of hydrogen-bond donors (Lipinski definition) is 4. The molecule has 2 aliphatic rings. The maximum atomic E-state index is 14.5. The molecule has 4 heterocycles. The minimum Gasteiger partial charge on any atom is -0.394 e. The fourth-order valence-electron chi connectivity index (χ4n) is 5.95. The van der Waals surface area contributed by atoms with Crippen molar-refractivity contribution in [2.24, 2.45) is 0 Å². The molecular formula is C26H21F2N3O4. The number of rotatable bonds is 2. The summed E-state index contributed by atoms with van der Waals surface area (Å²) in [6.45, 7) is 0.0233. The molecule has 178 valence electrons. The average molecular weight is 477 g/mol. The van der Waals surface area contributed by atoms with Gasteiger partial charge >= 0.3 is 0 Å². The Bertz CT molecular complexity index is 1710. The number of H-pyrrole nitrogens is 1. The average Bonchev–Trinajstić information content (AvgIpc) is 3.49. The van der Waals surface area contributed by atoms with Crippen molar-refractivity contribution in [3.05, 3.63) is 59.2 Å². The van der Waals surface area contributed by atoms with Crippen LogP contribution in [-0.4, -0.2) is 44.5 Å². The van der Waals surface area contributed by atoms with E-state index in [1.54, 1.807) is 12.1 Å². The van der Waals surface area contributed by atoms with Gasteiger partial charge in [-0.3, -0.25) is 4.79 Å². The van der Waals surface area contributed by atoms with E-state index >= 15 is 0 Å². The van der Waals surface area contributed by atoms with E-state index in [2.05, 4.69) is 10.3 Å². The van der Waals surface area contributed by atoms with Gasteiger partial charge in [-0.25, -0.2) is 8.78 Å². The maximum absolute atomic E-state index is 14.5. The van der Waals surface area contributed by atoms with Crippen LogP contribution in [0.3, 0.4) is 0 Å². The summed E-state index contributed by atoms with van der Waals surface area (Å²) in [6.07, 6.45) is -1.38. The van der Waals surface area contributed by atoms with Crippen LogP contribution in [0.15, 0.2) is 36.4 Å². The van der Waals surface area contributed by atoms with Gasteiger partial charge in [0.1, 0.15) is 17.9 Å². The summed E-state index contributed by atoms with van der Waals surface area (Å²) in [7, 11) is 0. The Morgan fingerprint density at radius 1 is 1.06 bits per heavy atom. The lowest BCUT2D eigenvalue weighted by molar-refractivity contribution is -0.138. The zero-order valence-electron chi connectivity index (χ0n) is 18.4. The first-order valence-corrected chi connectivity index (χ1v) is 11.6. The van der Waals surface area contributed by atoms with Gasteiger partial charge in [0, 0.05) is 46.4 Å². The van der Waals surface area contributed by atoms with E-state index in [-0.39, 0.29) is 25.5 Å². The topological polar surface area (TPSA) is 99.5 Å². The summed E-state index contributed by atoms with van der Waals surface area (Å²) in [5.41, 5.74) is 3.80. The molecule has 2 aromatic heterocycles. The van der Waals surface area contributed by atoms with Gasteiger partial charge in [0.15, 0.2) is 0 Å². The highest BCUT2D eigenvalue weighted by Gasteiger charge is 2.35. The van der Waals surface area contributed by atoms with Crippen molar-refractivity contribution in [3.8, 4) is 0 Å². The number of hydrogen-bond acceptors (Lipinski definition) is 4. The lowest BCUT2D eigenvalue weighted by Crippen LogP contribution is -2.35. The predicted octanol–water partition coefficient (Wildman–Crippen LogP) is 3.98. The molecule has 4 N–H and O–H groups in total. The second-order valence-corrected chi connectivity index (χ2v) is 9.38. The Balaban J connectivity index is 1.70. The molecule has 7 rings (SSSR count). The summed E-state index contributed by atoms with van der Waals surface area (Å²) in [4.78, 5) is 16.5. The highest BCUT2D eigenvalue weighted by molar-refractivity contribution is 6.30. The van der Waals surface area contributed by atoms with Crippen LogP contribution in [0, 0.1) is 11.6 Å². The van der Waals surface area contributed by atoms with Crippen molar-refractivity contribution in [2.45, 2.75) is 37.8 Å². The van der Waals surface area contributed by atoms with Crippen molar-refractivity contribution in [2.75, 3.05) is 6.61 Å². The smallest absolute Gasteiger partial charge is 0.252 e. The molecule has 35 heavy (non-hydrogen) atoms. The van der Waals surface area contributed by atoms with Gasteiger partial charge < -0.3 is 29.8 Å². The zero-order valence-corrected chi connectivity index (χ0v) is 18.4. The summed E-state index contributed by atoms with van der Waals surface area (Å²) in [6, 6.07) is 8.85. The number of fused-ring (bicyclic) bond motifs is 10. The van der Waals surface area contributed by atoms with E-state index in [4.69, 9.17) is 4.74 Å². The van der Waals surface area contributed by atoms with Crippen LogP contribution < -0.4 is 5.32 Å². The second kappa shape index (κ2) is 7.24. The molecule has 0 saturated carbocycles. The highest BCUT2D eigenvalue weighted by atomic mass is 19.1. The molecule has 9 heteroatoms. The van der Waals surface area contributed by atoms with Crippen LogP contribution in [0.4, 0.5) is 8.78 Å².